The first-order valence-electron chi connectivity index (χ1n) is 8.13. The third kappa shape index (κ3) is 4.32. The average molecular weight is 383 g/mol. The topological polar surface area (TPSA) is 103 Å². The summed E-state index contributed by atoms with van der Waals surface area (Å²) in [5, 5.41) is 21.7. The fourth-order valence-corrected chi connectivity index (χ4v) is 3.26. The molecule has 0 radical (unpaired) electrons. The molecule has 1 unspecified atom stereocenters. The Morgan fingerprint density at radius 2 is 1.93 bits per heavy atom. The Bertz CT molecular complexity index is 971. The molecule has 0 spiro atoms. The van der Waals surface area contributed by atoms with Crippen molar-refractivity contribution in [2.24, 2.45) is 0 Å². The maximum atomic E-state index is 12.4. The van der Waals surface area contributed by atoms with Gasteiger partial charge in [-0.15, -0.1) is 10.2 Å². The Hall–Kier alpha value is -3.20. The van der Waals surface area contributed by atoms with Gasteiger partial charge in [0, 0.05) is 17.8 Å². The fraction of sp³-hybridized carbons (Fsp3) is 0.167. The highest BCUT2D eigenvalue weighted by Gasteiger charge is 2.19. The molecule has 27 heavy (non-hydrogen) atoms. The average Bonchev–Trinajstić information content (AvgIpc) is 3.10. The van der Waals surface area contributed by atoms with Crippen LogP contribution < -0.4 is 5.32 Å². The number of rotatable bonds is 6. The van der Waals surface area contributed by atoms with Gasteiger partial charge in [-0.1, -0.05) is 30.0 Å². The number of para-hydroxylation sites is 1. The van der Waals surface area contributed by atoms with Gasteiger partial charge in [0.2, 0.25) is 5.91 Å². The molecule has 0 saturated heterocycles. The lowest BCUT2D eigenvalue weighted by Gasteiger charge is -2.13. The maximum absolute atomic E-state index is 12.4. The van der Waals surface area contributed by atoms with Crippen LogP contribution in [0.25, 0.3) is 5.69 Å². The Labute approximate surface area is 159 Å². The molecule has 1 atom stereocenters. The van der Waals surface area contributed by atoms with Crippen molar-refractivity contribution in [3.8, 4) is 5.69 Å². The third-order valence-electron chi connectivity index (χ3n) is 3.89. The molecule has 1 heterocycles. The molecule has 8 nitrogen and oxygen atoms in total. The number of aryl methyl sites for hydroxylation is 1. The van der Waals surface area contributed by atoms with Crippen molar-refractivity contribution in [2.45, 2.75) is 24.3 Å². The lowest BCUT2D eigenvalue weighted by Crippen LogP contribution is -2.22. The number of carbonyl (C=O) groups excluding carboxylic acids is 1. The first-order valence-corrected chi connectivity index (χ1v) is 9.01. The van der Waals surface area contributed by atoms with E-state index in [9.17, 15) is 14.9 Å². The zero-order valence-electron chi connectivity index (χ0n) is 14.7. The van der Waals surface area contributed by atoms with E-state index in [-0.39, 0.29) is 11.6 Å². The van der Waals surface area contributed by atoms with E-state index in [1.165, 1.54) is 36.0 Å². The predicted octanol–water partition coefficient (Wildman–Crippen LogP) is 3.60. The molecule has 3 rings (SSSR count). The summed E-state index contributed by atoms with van der Waals surface area (Å²) in [6.45, 7) is 3.76. The first-order chi connectivity index (χ1) is 13.0. The minimum absolute atomic E-state index is 0.0262. The molecule has 9 heteroatoms. The summed E-state index contributed by atoms with van der Waals surface area (Å²) < 4.78 is 1.84. The van der Waals surface area contributed by atoms with E-state index in [0.29, 0.717) is 10.8 Å². The Morgan fingerprint density at radius 1 is 1.22 bits per heavy atom. The summed E-state index contributed by atoms with van der Waals surface area (Å²) in [6.07, 6.45) is 1.62. The highest BCUT2D eigenvalue weighted by Crippen LogP contribution is 2.26. The maximum Gasteiger partial charge on any atom is 0.269 e. The van der Waals surface area contributed by atoms with Crippen molar-refractivity contribution in [1.82, 2.24) is 14.8 Å². The van der Waals surface area contributed by atoms with Crippen LogP contribution in [-0.2, 0) is 4.79 Å². The van der Waals surface area contributed by atoms with Gasteiger partial charge in [0.15, 0.2) is 5.16 Å². The van der Waals surface area contributed by atoms with Gasteiger partial charge >= 0.3 is 0 Å². The molecule has 0 saturated carbocycles. The highest BCUT2D eigenvalue weighted by molar-refractivity contribution is 8.00. The van der Waals surface area contributed by atoms with E-state index in [4.69, 9.17) is 0 Å². The number of nitrogens with one attached hydrogen (secondary N) is 1. The summed E-state index contributed by atoms with van der Waals surface area (Å²) >= 11 is 1.28. The van der Waals surface area contributed by atoms with E-state index < -0.39 is 10.2 Å². The molecule has 1 N–H and O–H groups in total. The summed E-state index contributed by atoms with van der Waals surface area (Å²) in [5.41, 5.74) is 2.50. The van der Waals surface area contributed by atoms with Gasteiger partial charge in [-0.2, -0.15) is 0 Å². The van der Waals surface area contributed by atoms with E-state index >= 15 is 0 Å². The zero-order chi connectivity index (χ0) is 19.4. The van der Waals surface area contributed by atoms with Crippen LogP contribution in [-0.4, -0.2) is 30.8 Å². The third-order valence-corrected chi connectivity index (χ3v) is 4.95. The van der Waals surface area contributed by atoms with Gasteiger partial charge in [-0.05, 0) is 37.6 Å². The quantitative estimate of drug-likeness (QED) is 0.396. The first kappa shape index (κ1) is 18.6. The standard InChI is InChI=1S/C18H17N5O3S/c1-12-5-3-4-6-16(12)22-11-19-21-18(22)27-13(2)17(24)20-14-7-9-15(10-8-14)23(25)26/h3-11,13H,1-2H3,(H,20,24). The van der Waals surface area contributed by atoms with Gasteiger partial charge < -0.3 is 5.32 Å². The van der Waals surface area contributed by atoms with Crippen molar-refractivity contribution in [1.29, 1.82) is 0 Å². The molecular formula is C18H17N5O3S. The number of non-ortho nitro benzene ring substituents is 1. The minimum atomic E-state index is -0.484. The summed E-state index contributed by atoms with van der Waals surface area (Å²) in [4.78, 5) is 22.7. The largest absolute Gasteiger partial charge is 0.325 e. The van der Waals surface area contributed by atoms with Crippen LogP contribution in [0.4, 0.5) is 11.4 Å². The number of benzene rings is 2. The van der Waals surface area contributed by atoms with E-state index in [1.54, 1.807) is 13.3 Å². The molecule has 0 bridgehead atoms. The van der Waals surface area contributed by atoms with Crippen LogP contribution in [0.2, 0.25) is 0 Å². The van der Waals surface area contributed by atoms with Crippen LogP contribution in [0.5, 0.6) is 0 Å². The van der Waals surface area contributed by atoms with Crippen molar-refractivity contribution >= 4 is 29.0 Å². The second-order valence-corrected chi connectivity index (χ2v) is 7.13. The van der Waals surface area contributed by atoms with E-state index in [2.05, 4.69) is 15.5 Å². The number of thioether (sulfide) groups is 1. The number of aromatic nitrogens is 3. The molecule has 0 aliphatic rings. The normalized spacial score (nSPS) is 11.8. The van der Waals surface area contributed by atoms with Gasteiger partial charge in [-0.25, -0.2) is 0 Å². The number of hydrogen-bond acceptors (Lipinski definition) is 6. The van der Waals surface area contributed by atoms with Gasteiger partial charge in [0.1, 0.15) is 6.33 Å². The van der Waals surface area contributed by atoms with Crippen molar-refractivity contribution in [3.05, 3.63) is 70.5 Å². The van der Waals surface area contributed by atoms with Crippen LogP contribution in [0, 0.1) is 17.0 Å². The number of nitro benzene ring substituents is 1. The zero-order valence-corrected chi connectivity index (χ0v) is 15.5. The van der Waals surface area contributed by atoms with Gasteiger partial charge in [0.05, 0.1) is 15.9 Å². The minimum Gasteiger partial charge on any atom is -0.325 e. The van der Waals surface area contributed by atoms with Crippen LogP contribution >= 0.6 is 11.8 Å². The summed E-state index contributed by atoms with van der Waals surface area (Å²) in [6, 6.07) is 13.5. The number of nitro groups is 1. The van der Waals surface area contributed by atoms with Crippen LogP contribution in [0.15, 0.2) is 60.0 Å². The molecule has 138 valence electrons. The lowest BCUT2D eigenvalue weighted by molar-refractivity contribution is -0.384. The summed E-state index contributed by atoms with van der Waals surface area (Å²) in [7, 11) is 0. The van der Waals surface area contributed by atoms with Crippen LogP contribution in [0.1, 0.15) is 12.5 Å². The number of hydrogen-bond donors (Lipinski definition) is 1. The van der Waals surface area contributed by atoms with Gasteiger partial charge in [0.25, 0.3) is 5.69 Å². The molecule has 0 aliphatic heterocycles. The SMILES string of the molecule is Cc1ccccc1-n1cnnc1SC(C)C(=O)Nc1ccc([N+](=O)[O-])cc1. The monoisotopic (exact) mass is 383 g/mol. The Kier molecular flexibility index (Phi) is 5.51. The van der Waals surface area contributed by atoms with E-state index in [1.807, 2.05) is 35.8 Å². The highest BCUT2D eigenvalue weighted by atomic mass is 32.2. The smallest absolute Gasteiger partial charge is 0.269 e. The summed E-state index contributed by atoms with van der Waals surface area (Å²) in [5.74, 6) is -0.229. The molecular weight excluding hydrogens is 366 g/mol. The van der Waals surface area contributed by atoms with Crippen molar-refractivity contribution < 1.29 is 9.72 Å². The Balaban J connectivity index is 1.70. The molecule has 3 aromatic rings. The number of carbonyl (C=O) groups is 1. The Morgan fingerprint density at radius 3 is 2.59 bits per heavy atom. The van der Waals surface area contributed by atoms with Crippen LogP contribution in [0.3, 0.4) is 0 Å². The molecule has 0 aliphatic carbocycles. The number of amides is 1. The predicted molar refractivity (Wildman–Crippen MR) is 103 cm³/mol. The molecule has 1 aromatic heterocycles. The molecule has 2 aromatic carbocycles. The second-order valence-electron chi connectivity index (χ2n) is 5.82. The van der Waals surface area contributed by atoms with Gasteiger partial charge in [-0.3, -0.25) is 19.5 Å². The van der Waals surface area contributed by atoms with Crippen molar-refractivity contribution in [2.75, 3.05) is 5.32 Å². The van der Waals surface area contributed by atoms with Crippen molar-refractivity contribution in [3.63, 3.8) is 0 Å². The number of nitrogens with zero attached hydrogens (tertiary/aromatic N) is 4. The lowest BCUT2D eigenvalue weighted by atomic mass is 10.2. The molecule has 0 fully saturated rings. The number of anilines is 1. The van der Waals surface area contributed by atoms with E-state index in [0.717, 1.165) is 11.3 Å². The fourth-order valence-electron chi connectivity index (χ4n) is 2.43. The second kappa shape index (κ2) is 8.00. The molecule has 1 amide bonds.